The van der Waals surface area contributed by atoms with E-state index < -0.39 is 0 Å². The highest BCUT2D eigenvalue weighted by Crippen LogP contribution is 2.55. The van der Waals surface area contributed by atoms with Gasteiger partial charge >= 0.3 is 0 Å². The van der Waals surface area contributed by atoms with E-state index >= 15 is 0 Å². The van der Waals surface area contributed by atoms with Gasteiger partial charge in [0.2, 0.25) is 0 Å². The number of ketones is 1. The molecule has 52 heavy (non-hydrogen) atoms. The molecule has 2 aliphatic carbocycles. The first kappa shape index (κ1) is 40.7. The lowest BCUT2D eigenvalue weighted by Gasteiger charge is -2.33. The molecule has 0 radical (unpaired) electrons. The van der Waals surface area contributed by atoms with E-state index in [-0.39, 0.29) is 23.2 Å². The number of benzene rings is 4. The van der Waals surface area contributed by atoms with Crippen LogP contribution in [-0.2, 0) is 10.8 Å². The minimum atomic E-state index is 0.0867. The van der Waals surface area contributed by atoms with E-state index in [1.165, 1.54) is 122 Å². The number of carbonyl (C=O) groups excluding carboxylic acids is 1. The van der Waals surface area contributed by atoms with Gasteiger partial charge < -0.3 is 10.3 Å². The molecule has 4 aromatic rings. The first-order valence-corrected chi connectivity index (χ1v) is 20.0. The predicted octanol–water partition coefficient (Wildman–Crippen LogP) is 13.1. The van der Waals surface area contributed by atoms with E-state index in [9.17, 15) is 10.0 Å². The van der Waals surface area contributed by atoms with Crippen LogP contribution in [0.2, 0.25) is 0 Å². The van der Waals surface area contributed by atoms with Crippen molar-refractivity contribution < 1.29 is 15.1 Å². The van der Waals surface area contributed by atoms with Crippen molar-refractivity contribution in [1.29, 1.82) is 0 Å². The Hall–Kier alpha value is -4.02. The Morgan fingerprint density at radius 3 is 1.25 bits per heavy atom. The second-order valence-electron chi connectivity index (χ2n) is 14.7. The lowest BCUT2D eigenvalue weighted by Crippen LogP contribution is -2.25. The summed E-state index contributed by atoms with van der Waals surface area (Å²) in [5, 5.41) is 20.2. The van der Waals surface area contributed by atoms with Crippen molar-refractivity contribution in [3.8, 4) is 22.3 Å². The quantitative estimate of drug-likeness (QED) is 0.0595. The molecular formula is C48H63NO3. The summed E-state index contributed by atoms with van der Waals surface area (Å²) in [5.41, 5.74) is 14.0. The molecule has 4 heteroatoms. The van der Waals surface area contributed by atoms with Crippen LogP contribution >= 0.6 is 0 Å². The minimum absolute atomic E-state index is 0.0867. The van der Waals surface area contributed by atoms with Crippen molar-refractivity contribution in [2.24, 2.45) is 5.16 Å². The largest absolute Gasteiger partial charge is 0.411 e. The molecule has 0 unspecified atom stereocenters. The number of oxime groups is 1. The SMILES string of the molecule is CCCCC1(CCCC)c2ccccc2-c2ccc(/C(C)=N/O)cc21.CCCCC1(CCCC)c2ccccc2-c2ccc(C(C)=O)cc21.CCO. The molecule has 0 aromatic heterocycles. The molecule has 6 rings (SSSR count). The molecule has 0 spiro atoms. The van der Waals surface area contributed by atoms with Gasteiger partial charge in [-0.15, -0.1) is 0 Å². The van der Waals surface area contributed by atoms with Gasteiger partial charge in [0.05, 0.1) is 5.71 Å². The van der Waals surface area contributed by atoms with Gasteiger partial charge in [-0.25, -0.2) is 0 Å². The van der Waals surface area contributed by atoms with E-state index in [0.717, 1.165) is 11.1 Å². The van der Waals surface area contributed by atoms with Crippen molar-refractivity contribution in [1.82, 2.24) is 0 Å². The van der Waals surface area contributed by atoms with E-state index in [2.05, 4.69) is 112 Å². The molecular weight excluding hydrogens is 639 g/mol. The van der Waals surface area contributed by atoms with Crippen molar-refractivity contribution in [2.75, 3.05) is 6.61 Å². The number of hydrogen-bond donors (Lipinski definition) is 2. The molecule has 0 heterocycles. The highest BCUT2D eigenvalue weighted by Gasteiger charge is 2.43. The zero-order valence-corrected chi connectivity index (χ0v) is 33.0. The third kappa shape index (κ3) is 8.28. The standard InChI is InChI=1S/C23H29NO.C23H28O.C2H6O/c1-4-6-14-23(15-7-5-2)21-11-9-8-10-19(21)20-13-12-18(16-22(20)23)17(3)24-25;1-4-6-14-23(15-7-5-2)21-11-9-8-10-19(21)20-13-12-18(17(3)24)16-22(20)23;1-2-3/h8-13,16,25H,4-7,14-15H2,1-3H3;8-13,16H,4-7,14-15H2,1-3H3;3H,2H2,1H3/b24-17+;;. The molecule has 278 valence electrons. The van der Waals surface area contributed by atoms with Gasteiger partial charge in [-0.3, -0.25) is 4.79 Å². The zero-order chi connectivity index (χ0) is 37.7. The van der Waals surface area contributed by atoms with Gasteiger partial charge in [0, 0.05) is 23.0 Å². The Bertz CT molecular complexity index is 1790. The summed E-state index contributed by atoms with van der Waals surface area (Å²) in [6, 6.07) is 30.7. The van der Waals surface area contributed by atoms with Crippen molar-refractivity contribution in [3.63, 3.8) is 0 Å². The van der Waals surface area contributed by atoms with Gasteiger partial charge in [0.15, 0.2) is 5.78 Å². The summed E-state index contributed by atoms with van der Waals surface area (Å²) in [6.07, 6.45) is 14.5. The second-order valence-corrected chi connectivity index (χ2v) is 14.7. The number of aliphatic hydroxyl groups excluding tert-OH is 1. The Labute approximate surface area is 314 Å². The fourth-order valence-corrected chi connectivity index (χ4v) is 8.65. The fourth-order valence-electron chi connectivity index (χ4n) is 8.65. The maximum atomic E-state index is 12.0. The molecule has 0 atom stereocenters. The average molecular weight is 702 g/mol. The maximum absolute atomic E-state index is 12.0. The number of carbonyl (C=O) groups is 1. The highest BCUT2D eigenvalue weighted by atomic mass is 16.4. The monoisotopic (exact) mass is 701 g/mol. The summed E-state index contributed by atoms with van der Waals surface area (Å²) in [7, 11) is 0. The van der Waals surface area contributed by atoms with Gasteiger partial charge in [-0.05, 0) is 109 Å². The number of fused-ring (bicyclic) bond motifs is 6. The third-order valence-electron chi connectivity index (χ3n) is 11.3. The smallest absolute Gasteiger partial charge is 0.159 e. The van der Waals surface area contributed by atoms with Crippen LogP contribution in [0, 0.1) is 0 Å². The van der Waals surface area contributed by atoms with E-state index in [4.69, 9.17) is 5.11 Å². The van der Waals surface area contributed by atoms with E-state index in [1.54, 1.807) is 13.8 Å². The molecule has 0 saturated carbocycles. The van der Waals surface area contributed by atoms with E-state index in [0.29, 0.717) is 5.71 Å². The first-order valence-electron chi connectivity index (χ1n) is 20.0. The number of aliphatic hydroxyl groups is 1. The summed E-state index contributed by atoms with van der Waals surface area (Å²) in [5.74, 6) is 0.161. The Morgan fingerprint density at radius 2 is 0.885 bits per heavy atom. The van der Waals surface area contributed by atoms with Crippen LogP contribution in [0.1, 0.15) is 164 Å². The number of hydrogen-bond acceptors (Lipinski definition) is 4. The van der Waals surface area contributed by atoms with Crippen molar-refractivity contribution in [2.45, 2.75) is 136 Å². The van der Waals surface area contributed by atoms with Crippen LogP contribution in [0.25, 0.3) is 22.3 Å². The summed E-state index contributed by atoms with van der Waals surface area (Å²) in [6.45, 7) is 14.5. The molecule has 2 aliphatic rings. The van der Waals surface area contributed by atoms with Crippen molar-refractivity contribution >= 4 is 11.5 Å². The van der Waals surface area contributed by atoms with E-state index in [1.807, 2.05) is 13.0 Å². The van der Waals surface area contributed by atoms with Crippen molar-refractivity contribution in [3.05, 3.63) is 118 Å². The summed E-state index contributed by atoms with van der Waals surface area (Å²) in [4.78, 5) is 12.0. The number of rotatable bonds is 14. The molecule has 0 saturated heterocycles. The van der Waals surface area contributed by atoms with Gasteiger partial charge in [0.1, 0.15) is 0 Å². The van der Waals surface area contributed by atoms with Gasteiger partial charge in [-0.2, -0.15) is 0 Å². The van der Waals surface area contributed by atoms with Crippen LogP contribution < -0.4 is 0 Å². The predicted molar refractivity (Wildman–Crippen MR) is 220 cm³/mol. The summed E-state index contributed by atoms with van der Waals surface area (Å²) < 4.78 is 0. The molecule has 0 bridgehead atoms. The molecule has 4 nitrogen and oxygen atoms in total. The number of unbranched alkanes of at least 4 members (excludes halogenated alkanes) is 4. The lowest BCUT2D eigenvalue weighted by molar-refractivity contribution is 0.101. The zero-order valence-electron chi connectivity index (χ0n) is 33.0. The molecule has 0 amide bonds. The number of Topliss-reactive ketones (excluding diaryl/α,β-unsaturated/α-hetero) is 1. The Kier molecular flexibility index (Phi) is 15.0. The van der Waals surface area contributed by atoms with Gasteiger partial charge in [-0.1, -0.05) is 157 Å². The number of nitrogens with zero attached hydrogens (tertiary/aromatic N) is 1. The molecule has 0 aliphatic heterocycles. The maximum Gasteiger partial charge on any atom is 0.159 e. The third-order valence-corrected chi connectivity index (χ3v) is 11.3. The van der Waals surface area contributed by atoms with Crippen LogP contribution in [0.3, 0.4) is 0 Å². The Balaban J connectivity index is 0.000000217. The highest BCUT2D eigenvalue weighted by molar-refractivity contribution is 6.00. The second kappa shape index (κ2) is 19.2. The fraction of sp³-hybridized carbons (Fsp3) is 0.458. The van der Waals surface area contributed by atoms with Crippen LogP contribution in [-0.4, -0.2) is 28.4 Å². The average Bonchev–Trinajstić information content (AvgIpc) is 3.61. The molecule has 2 N–H and O–H groups in total. The first-order chi connectivity index (χ1) is 25.2. The molecule has 4 aromatic carbocycles. The minimum Gasteiger partial charge on any atom is -0.411 e. The topological polar surface area (TPSA) is 69.9 Å². The summed E-state index contributed by atoms with van der Waals surface area (Å²) >= 11 is 0. The Morgan fingerprint density at radius 1 is 0.538 bits per heavy atom. The lowest BCUT2D eigenvalue weighted by atomic mass is 9.70. The molecule has 0 fully saturated rings. The van der Waals surface area contributed by atoms with Gasteiger partial charge in [0.25, 0.3) is 0 Å². The normalized spacial score (nSPS) is 14.2. The van der Waals surface area contributed by atoms with Crippen LogP contribution in [0.4, 0.5) is 0 Å². The van der Waals surface area contributed by atoms with Crippen LogP contribution in [0.5, 0.6) is 0 Å². The van der Waals surface area contributed by atoms with Crippen LogP contribution in [0.15, 0.2) is 90.1 Å².